The molecule has 0 saturated heterocycles. The summed E-state index contributed by atoms with van der Waals surface area (Å²) in [5.41, 5.74) is 0.151. The van der Waals surface area contributed by atoms with Crippen LogP contribution in [0.2, 0.25) is 0 Å². The minimum Gasteiger partial charge on any atom is -0.366 e. The molecule has 0 bridgehead atoms. The second kappa shape index (κ2) is 4.64. The molecule has 0 radical (unpaired) electrons. The first kappa shape index (κ1) is 12.5. The van der Waals surface area contributed by atoms with E-state index in [4.69, 9.17) is 0 Å². The molecule has 2 heteroatoms. The van der Waals surface area contributed by atoms with Gasteiger partial charge in [0, 0.05) is 26.1 Å². The standard InChI is InChI=1S/C11H24N2/c1-9(2)8-12-10(13(6)7)11(3,4)5/h9H,8H2,1-7H3. The molecule has 0 aliphatic rings. The summed E-state index contributed by atoms with van der Waals surface area (Å²) in [4.78, 5) is 6.75. The molecule has 13 heavy (non-hydrogen) atoms. The fourth-order valence-electron chi connectivity index (χ4n) is 1.32. The van der Waals surface area contributed by atoms with Crippen molar-refractivity contribution in [3.8, 4) is 0 Å². The quantitative estimate of drug-likeness (QED) is 0.476. The molecule has 0 atom stereocenters. The first-order valence-corrected chi connectivity index (χ1v) is 4.97. The Morgan fingerprint density at radius 3 is 1.92 bits per heavy atom. The second-order valence-corrected chi connectivity index (χ2v) is 5.20. The van der Waals surface area contributed by atoms with Gasteiger partial charge in [-0.2, -0.15) is 0 Å². The molecule has 0 aromatic rings. The summed E-state index contributed by atoms with van der Waals surface area (Å²) in [7, 11) is 4.12. The Kier molecular flexibility index (Phi) is 4.45. The van der Waals surface area contributed by atoms with Gasteiger partial charge in [0.2, 0.25) is 0 Å². The molecule has 0 rings (SSSR count). The maximum Gasteiger partial charge on any atom is 0.104 e. The highest BCUT2D eigenvalue weighted by molar-refractivity contribution is 5.86. The summed E-state index contributed by atoms with van der Waals surface area (Å²) >= 11 is 0. The van der Waals surface area contributed by atoms with Crippen LogP contribution in [0.1, 0.15) is 34.6 Å². The minimum absolute atomic E-state index is 0.151. The average molecular weight is 184 g/mol. The lowest BCUT2D eigenvalue weighted by Gasteiger charge is -2.28. The van der Waals surface area contributed by atoms with Gasteiger partial charge in [0.1, 0.15) is 5.84 Å². The fraction of sp³-hybridized carbons (Fsp3) is 0.909. The highest BCUT2D eigenvalue weighted by Crippen LogP contribution is 2.17. The number of nitrogens with zero attached hydrogens (tertiary/aromatic N) is 2. The number of hydrogen-bond donors (Lipinski definition) is 0. The largest absolute Gasteiger partial charge is 0.366 e. The Hall–Kier alpha value is -0.530. The lowest BCUT2D eigenvalue weighted by atomic mass is 9.94. The topological polar surface area (TPSA) is 15.6 Å². The summed E-state index contributed by atoms with van der Waals surface area (Å²) in [5, 5.41) is 0. The zero-order chi connectivity index (χ0) is 10.6. The molecule has 0 N–H and O–H groups in total. The summed E-state index contributed by atoms with van der Waals surface area (Å²) in [6, 6.07) is 0. The van der Waals surface area contributed by atoms with Crippen molar-refractivity contribution < 1.29 is 0 Å². The van der Waals surface area contributed by atoms with Crippen LogP contribution in [-0.4, -0.2) is 31.4 Å². The van der Waals surface area contributed by atoms with Crippen LogP contribution in [0.4, 0.5) is 0 Å². The van der Waals surface area contributed by atoms with E-state index in [0.717, 1.165) is 6.54 Å². The predicted octanol–water partition coefficient (Wildman–Crippen LogP) is 2.65. The number of hydrogen-bond acceptors (Lipinski definition) is 1. The first-order valence-electron chi connectivity index (χ1n) is 4.97. The van der Waals surface area contributed by atoms with E-state index in [1.165, 1.54) is 5.84 Å². The van der Waals surface area contributed by atoms with Crippen LogP contribution < -0.4 is 0 Å². The van der Waals surface area contributed by atoms with Gasteiger partial charge in [-0.3, -0.25) is 4.99 Å². The zero-order valence-electron chi connectivity index (χ0n) is 10.2. The summed E-state index contributed by atoms with van der Waals surface area (Å²) in [6.45, 7) is 11.9. The number of aliphatic imine (C=N–C) groups is 1. The first-order chi connectivity index (χ1) is 5.75. The molecule has 0 spiro atoms. The van der Waals surface area contributed by atoms with Gasteiger partial charge in [0.25, 0.3) is 0 Å². The van der Waals surface area contributed by atoms with Crippen molar-refractivity contribution in [3.05, 3.63) is 0 Å². The van der Waals surface area contributed by atoms with Crippen molar-refractivity contribution in [2.75, 3.05) is 20.6 Å². The van der Waals surface area contributed by atoms with Crippen LogP contribution in [0.25, 0.3) is 0 Å². The van der Waals surface area contributed by atoms with E-state index in [-0.39, 0.29) is 5.41 Å². The normalized spacial score (nSPS) is 13.7. The Bertz CT molecular complexity index is 173. The Morgan fingerprint density at radius 2 is 1.69 bits per heavy atom. The van der Waals surface area contributed by atoms with Gasteiger partial charge in [-0.05, 0) is 5.92 Å². The van der Waals surface area contributed by atoms with E-state index < -0.39 is 0 Å². The van der Waals surface area contributed by atoms with Gasteiger partial charge in [-0.15, -0.1) is 0 Å². The van der Waals surface area contributed by atoms with E-state index in [1.807, 2.05) is 0 Å². The smallest absolute Gasteiger partial charge is 0.104 e. The molecule has 2 nitrogen and oxygen atoms in total. The van der Waals surface area contributed by atoms with Crippen LogP contribution >= 0.6 is 0 Å². The maximum atomic E-state index is 4.64. The molecule has 0 saturated carbocycles. The lowest BCUT2D eigenvalue weighted by molar-refractivity contribution is 0.473. The fourth-order valence-corrected chi connectivity index (χ4v) is 1.32. The van der Waals surface area contributed by atoms with E-state index in [2.05, 4.69) is 58.6 Å². The van der Waals surface area contributed by atoms with Crippen molar-refractivity contribution >= 4 is 5.84 Å². The molecule has 78 valence electrons. The zero-order valence-corrected chi connectivity index (χ0v) is 10.2. The third kappa shape index (κ3) is 4.91. The predicted molar refractivity (Wildman–Crippen MR) is 60.3 cm³/mol. The van der Waals surface area contributed by atoms with Gasteiger partial charge < -0.3 is 4.90 Å². The maximum absolute atomic E-state index is 4.64. The van der Waals surface area contributed by atoms with Crippen LogP contribution in [0.5, 0.6) is 0 Å². The molecule has 0 aromatic heterocycles. The van der Waals surface area contributed by atoms with Crippen LogP contribution in [0.3, 0.4) is 0 Å². The summed E-state index contributed by atoms with van der Waals surface area (Å²) in [5.74, 6) is 1.82. The molecule has 0 aliphatic carbocycles. The molecular weight excluding hydrogens is 160 g/mol. The van der Waals surface area contributed by atoms with Gasteiger partial charge in [-0.25, -0.2) is 0 Å². The number of amidine groups is 1. The van der Waals surface area contributed by atoms with E-state index in [9.17, 15) is 0 Å². The van der Waals surface area contributed by atoms with Crippen molar-refractivity contribution in [2.24, 2.45) is 16.3 Å². The van der Waals surface area contributed by atoms with E-state index >= 15 is 0 Å². The van der Waals surface area contributed by atoms with Crippen LogP contribution in [0.15, 0.2) is 4.99 Å². The summed E-state index contributed by atoms with van der Waals surface area (Å²) < 4.78 is 0. The Labute approximate surface area is 83.0 Å². The van der Waals surface area contributed by atoms with Crippen LogP contribution in [-0.2, 0) is 0 Å². The van der Waals surface area contributed by atoms with Crippen molar-refractivity contribution in [1.29, 1.82) is 0 Å². The monoisotopic (exact) mass is 184 g/mol. The summed E-state index contributed by atoms with van der Waals surface area (Å²) in [6.07, 6.45) is 0. The van der Waals surface area contributed by atoms with Gasteiger partial charge in [0.05, 0.1) is 0 Å². The van der Waals surface area contributed by atoms with Crippen LogP contribution in [0, 0.1) is 11.3 Å². The average Bonchev–Trinajstić information content (AvgIpc) is 1.81. The van der Waals surface area contributed by atoms with Crippen molar-refractivity contribution in [2.45, 2.75) is 34.6 Å². The molecule has 0 heterocycles. The highest BCUT2D eigenvalue weighted by Gasteiger charge is 2.20. The number of rotatable bonds is 2. The molecular formula is C11H24N2. The van der Waals surface area contributed by atoms with Crippen molar-refractivity contribution in [1.82, 2.24) is 4.90 Å². The minimum atomic E-state index is 0.151. The third-order valence-electron chi connectivity index (χ3n) is 1.70. The molecule has 0 fully saturated rings. The van der Waals surface area contributed by atoms with E-state index in [1.54, 1.807) is 0 Å². The molecule has 0 amide bonds. The lowest BCUT2D eigenvalue weighted by Crippen LogP contribution is -2.34. The van der Waals surface area contributed by atoms with Crippen molar-refractivity contribution in [3.63, 3.8) is 0 Å². The Morgan fingerprint density at radius 1 is 1.23 bits per heavy atom. The van der Waals surface area contributed by atoms with Gasteiger partial charge in [-0.1, -0.05) is 34.6 Å². The third-order valence-corrected chi connectivity index (χ3v) is 1.70. The van der Waals surface area contributed by atoms with Gasteiger partial charge in [0.15, 0.2) is 0 Å². The molecule has 0 aliphatic heterocycles. The second-order valence-electron chi connectivity index (χ2n) is 5.20. The Balaban J connectivity index is 4.52. The SMILES string of the molecule is CC(C)CN=C(N(C)C)C(C)(C)C. The highest BCUT2D eigenvalue weighted by atomic mass is 15.1. The molecule has 0 aromatic carbocycles. The van der Waals surface area contributed by atoms with Gasteiger partial charge >= 0.3 is 0 Å². The van der Waals surface area contributed by atoms with E-state index in [0.29, 0.717) is 5.92 Å². The molecule has 0 unspecified atom stereocenters.